The number of aryl methyl sites for hydroxylation is 1. The minimum Gasteiger partial charge on any atom is -0.283 e. The van der Waals surface area contributed by atoms with Gasteiger partial charge in [0.2, 0.25) is 0 Å². The minimum atomic E-state index is -3.42. The predicted octanol–water partition coefficient (Wildman–Crippen LogP) is 3.12. The Kier molecular flexibility index (Phi) is 3.76. The zero-order valence-corrected chi connectivity index (χ0v) is 11.7. The Morgan fingerprint density at radius 2 is 1.61 bits per heavy atom. The molecule has 0 bridgehead atoms. The number of nitrogens with one attached hydrogen (secondary N) is 1. The van der Waals surface area contributed by atoms with Crippen LogP contribution in [0.2, 0.25) is 0 Å². The van der Waals surface area contributed by atoms with Crippen LogP contribution in [0.4, 0.5) is 0 Å². The number of hydrogen-bond acceptors (Lipinski definition) is 2. The summed E-state index contributed by atoms with van der Waals surface area (Å²) in [5, 5.41) is 0. The first-order valence-electron chi connectivity index (χ1n) is 6.27. The Bertz CT molecular complexity index is 556. The summed E-state index contributed by atoms with van der Waals surface area (Å²) in [7, 11) is -3.42. The van der Waals surface area contributed by atoms with Crippen LogP contribution in [0.15, 0.2) is 40.4 Å². The highest BCUT2D eigenvalue weighted by Crippen LogP contribution is 2.24. The van der Waals surface area contributed by atoms with Gasteiger partial charge in [-0.05, 0) is 51.7 Å². The largest absolute Gasteiger partial charge is 0.283 e. The highest BCUT2D eigenvalue weighted by atomic mass is 32.2. The number of rotatable bonds is 3. The maximum absolute atomic E-state index is 12.2. The van der Waals surface area contributed by atoms with Crippen molar-refractivity contribution >= 4 is 10.0 Å². The van der Waals surface area contributed by atoms with Crippen molar-refractivity contribution in [2.24, 2.45) is 0 Å². The minimum absolute atomic E-state index is 0.332. The van der Waals surface area contributed by atoms with Gasteiger partial charge in [-0.3, -0.25) is 4.72 Å². The lowest BCUT2D eigenvalue weighted by molar-refractivity contribution is 0.579. The second kappa shape index (κ2) is 5.14. The van der Waals surface area contributed by atoms with Crippen molar-refractivity contribution in [2.75, 3.05) is 0 Å². The van der Waals surface area contributed by atoms with Crippen LogP contribution in [0.1, 0.15) is 38.2 Å². The number of benzene rings is 1. The van der Waals surface area contributed by atoms with Crippen molar-refractivity contribution in [3.8, 4) is 0 Å². The van der Waals surface area contributed by atoms with Gasteiger partial charge in [0.05, 0.1) is 4.90 Å². The summed E-state index contributed by atoms with van der Waals surface area (Å²) in [6.07, 6.45) is 4.04. The third-order valence-electron chi connectivity index (χ3n) is 3.33. The van der Waals surface area contributed by atoms with Crippen molar-refractivity contribution in [3.05, 3.63) is 41.1 Å². The van der Waals surface area contributed by atoms with Crippen molar-refractivity contribution in [1.82, 2.24) is 4.72 Å². The molecule has 3 nitrogen and oxygen atoms in total. The first kappa shape index (κ1) is 13.1. The van der Waals surface area contributed by atoms with E-state index in [9.17, 15) is 8.42 Å². The second-order valence-electron chi connectivity index (χ2n) is 4.88. The van der Waals surface area contributed by atoms with Gasteiger partial charge in [0.1, 0.15) is 0 Å². The van der Waals surface area contributed by atoms with Crippen LogP contribution in [0.3, 0.4) is 0 Å². The van der Waals surface area contributed by atoms with E-state index in [1.165, 1.54) is 0 Å². The molecule has 1 aromatic carbocycles. The maximum atomic E-state index is 12.2. The van der Waals surface area contributed by atoms with Crippen molar-refractivity contribution in [2.45, 2.75) is 44.4 Å². The monoisotopic (exact) mass is 265 g/mol. The molecular weight excluding hydrogens is 246 g/mol. The fourth-order valence-corrected chi connectivity index (χ4v) is 3.35. The fraction of sp³-hybridized carbons (Fsp3) is 0.429. The molecule has 2 rings (SSSR count). The van der Waals surface area contributed by atoms with Gasteiger partial charge in [0, 0.05) is 5.70 Å². The van der Waals surface area contributed by atoms with Crippen LogP contribution in [-0.4, -0.2) is 8.42 Å². The molecule has 0 radical (unpaired) electrons. The van der Waals surface area contributed by atoms with Gasteiger partial charge in [-0.2, -0.15) is 0 Å². The standard InChI is InChI=1S/C14H19NO2S/c1-11-7-9-13(10-8-11)18(16,17)15-14-6-4-3-5-12(14)2/h7-10,15H,3-6H2,1-2H3. The van der Waals surface area contributed by atoms with E-state index >= 15 is 0 Å². The smallest absolute Gasteiger partial charge is 0.261 e. The average Bonchev–Trinajstić information content (AvgIpc) is 2.32. The van der Waals surface area contributed by atoms with E-state index < -0.39 is 10.0 Å². The van der Waals surface area contributed by atoms with E-state index in [1.54, 1.807) is 12.1 Å². The molecule has 0 saturated heterocycles. The summed E-state index contributed by atoms with van der Waals surface area (Å²) < 4.78 is 27.2. The summed E-state index contributed by atoms with van der Waals surface area (Å²) in [4.78, 5) is 0.332. The van der Waals surface area contributed by atoms with E-state index in [-0.39, 0.29) is 0 Å². The first-order valence-corrected chi connectivity index (χ1v) is 7.75. The van der Waals surface area contributed by atoms with Gasteiger partial charge in [-0.15, -0.1) is 0 Å². The van der Waals surface area contributed by atoms with Crippen molar-refractivity contribution in [1.29, 1.82) is 0 Å². The molecule has 0 spiro atoms. The molecule has 1 aliphatic rings. The lowest BCUT2D eigenvalue weighted by Gasteiger charge is -2.19. The third-order valence-corrected chi connectivity index (χ3v) is 4.74. The molecule has 0 unspecified atom stereocenters. The normalized spacial score (nSPS) is 16.8. The van der Waals surface area contributed by atoms with Gasteiger partial charge < -0.3 is 0 Å². The number of sulfonamides is 1. The van der Waals surface area contributed by atoms with Gasteiger partial charge >= 0.3 is 0 Å². The van der Waals surface area contributed by atoms with Crippen molar-refractivity contribution < 1.29 is 8.42 Å². The maximum Gasteiger partial charge on any atom is 0.261 e. The van der Waals surface area contributed by atoms with Gasteiger partial charge in [0.25, 0.3) is 10.0 Å². The molecule has 0 heterocycles. The van der Waals surface area contributed by atoms with Gasteiger partial charge in [-0.1, -0.05) is 23.3 Å². The quantitative estimate of drug-likeness (QED) is 0.912. The lowest BCUT2D eigenvalue weighted by atomic mass is 9.98. The zero-order chi connectivity index (χ0) is 13.2. The molecule has 0 aromatic heterocycles. The van der Waals surface area contributed by atoms with E-state index in [2.05, 4.69) is 4.72 Å². The molecule has 0 amide bonds. The molecule has 4 heteroatoms. The summed E-state index contributed by atoms with van der Waals surface area (Å²) >= 11 is 0. The second-order valence-corrected chi connectivity index (χ2v) is 6.57. The predicted molar refractivity (Wildman–Crippen MR) is 72.7 cm³/mol. The topological polar surface area (TPSA) is 46.2 Å². The lowest BCUT2D eigenvalue weighted by Crippen LogP contribution is -2.25. The third kappa shape index (κ3) is 2.93. The molecule has 1 N–H and O–H groups in total. The summed E-state index contributed by atoms with van der Waals surface area (Å²) in [5.74, 6) is 0. The van der Waals surface area contributed by atoms with E-state index in [1.807, 2.05) is 26.0 Å². The molecule has 0 fully saturated rings. The Morgan fingerprint density at radius 1 is 1.00 bits per heavy atom. The van der Waals surface area contributed by atoms with Crippen LogP contribution in [-0.2, 0) is 10.0 Å². The average molecular weight is 265 g/mol. The zero-order valence-electron chi connectivity index (χ0n) is 10.9. The summed E-state index contributed by atoms with van der Waals surface area (Å²) in [6, 6.07) is 6.93. The molecule has 1 aromatic rings. The fourth-order valence-electron chi connectivity index (χ4n) is 2.13. The molecule has 0 atom stereocenters. The van der Waals surface area contributed by atoms with Crippen LogP contribution in [0, 0.1) is 6.92 Å². The molecule has 18 heavy (non-hydrogen) atoms. The van der Waals surface area contributed by atoms with Crippen molar-refractivity contribution in [3.63, 3.8) is 0 Å². The number of allylic oxidation sites excluding steroid dienone is 2. The highest BCUT2D eigenvalue weighted by molar-refractivity contribution is 7.89. The SMILES string of the molecule is CC1=C(NS(=O)(=O)c2ccc(C)cc2)CCCC1. The van der Waals surface area contributed by atoms with E-state index in [0.29, 0.717) is 4.90 Å². The molecule has 0 aliphatic heterocycles. The number of hydrogen-bond donors (Lipinski definition) is 1. The Labute approximate surface area is 109 Å². The van der Waals surface area contributed by atoms with E-state index in [4.69, 9.17) is 0 Å². The van der Waals surface area contributed by atoms with E-state index in [0.717, 1.165) is 42.5 Å². The van der Waals surface area contributed by atoms with Crippen LogP contribution < -0.4 is 4.72 Å². The summed E-state index contributed by atoms with van der Waals surface area (Å²) in [6.45, 7) is 3.95. The Morgan fingerprint density at radius 3 is 2.22 bits per heavy atom. The Hall–Kier alpha value is -1.29. The molecule has 1 aliphatic carbocycles. The van der Waals surface area contributed by atoms with Crippen LogP contribution in [0.25, 0.3) is 0 Å². The highest BCUT2D eigenvalue weighted by Gasteiger charge is 2.18. The van der Waals surface area contributed by atoms with Gasteiger partial charge in [-0.25, -0.2) is 8.42 Å². The molecule has 98 valence electrons. The van der Waals surface area contributed by atoms with Crippen LogP contribution >= 0.6 is 0 Å². The molecular formula is C14H19NO2S. The van der Waals surface area contributed by atoms with Gasteiger partial charge in [0.15, 0.2) is 0 Å². The summed E-state index contributed by atoms with van der Waals surface area (Å²) in [5.41, 5.74) is 3.10. The van der Waals surface area contributed by atoms with Crippen LogP contribution in [0.5, 0.6) is 0 Å². The first-order chi connectivity index (χ1) is 8.49. The molecule has 0 saturated carbocycles. The Balaban J connectivity index is 2.24.